The standard InChI is InChI=1S/C17H17N5O2S/c1-24-15-5-3-2-4-12(15)13-8-14(21-20-13)16(23)18-9-11-10-22-6-7-25-17(22)19-11/h2-5,8,10H,6-7,9H2,1H3,(H,18,23)(H,20,21). The number of thioether (sulfide) groups is 1. The van der Waals surface area contributed by atoms with Gasteiger partial charge >= 0.3 is 0 Å². The molecule has 25 heavy (non-hydrogen) atoms. The highest BCUT2D eigenvalue weighted by atomic mass is 32.2. The molecule has 1 amide bonds. The molecule has 2 aromatic heterocycles. The van der Waals surface area contributed by atoms with E-state index in [4.69, 9.17) is 4.74 Å². The Balaban J connectivity index is 1.45. The molecule has 0 spiro atoms. The van der Waals surface area contributed by atoms with E-state index in [1.807, 2.05) is 30.5 Å². The minimum absolute atomic E-state index is 0.213. The fraction of sp³-hybridized carbons (Fsp3) is 0.235. The Morgan fingerprint density at radius 3 is 3.16 bits per heavy atom. The fourth-order valence-corrected chi connectivity index (χ4v) is 3.71. The van der Waals surface area contributed by atoms with E-state index in [9.17, 15) is 4.79 Å². The molecule has 128 valence electrons. The van der Waals surface area contributed by atoms with Gasteiger partial charge in [0, 0.05) is 24.1 Å². The van der Waals surface area contributed by atoms with E-state index < -0.39 is 0 Å². The summed E-state index contributed by atoms with van der Waals surface area (Å²) < 4.78 is 7.45. The number of carbonyl (C=O) groups is 1. The third-order valence-electron chi connectivity index (χ3n) is 3.99. The Hall–Kier alpha value is -2.74. The lowest BCUT2D eigenvalue weighted by Crippen LogP contribution is -2.23. The van der Waals surface area contributed by atoms with Gasteiger partial charge in [0.15, 0.2) is 5.16 Å². The molecule has 0 atom stereocenters. The van der Waals surface area contributed by atoms with Crippen molar-refractivity contribution in [1.82, 2.24) is 25.1 Å². The van der Waals surface area contributed by atoms with Crippen LogP contribution in [0.1, 0.15) is 16.2 Å². The summed E-state index contributed by atoms with van der Waals surface area (Å²) in [6.45, 7) is 1.37. The van der Waals surface area contributed by atoms with Crippen molar-refractivity contribution in [3.05, 3.63) is 47.9 Å². The van der Waals surface area contributed by atoms with Crippen molar-refractivity contribution in [2.45, 2.75) is 18.2 Å². The van der Waals surface area contributed by atoms with Crippen molar-refractivity contribution >= 4 is 17.7 Å². The normalized spacial score (nSPS) is 12.8. The van der Waals surface area contributed by atoms with Gasteiger partial charge in [0.25, 0.3) is 5.91 Å². The monoisotopic (exact) mass is 355 g/mol. The molecular formula is C17H17N5O2S. The van der Waals surface area contributed by atoms with E-state index >= 15 is 0 Å². The number of carbonyl (C=O) groups excluding carboxylic acids is 1. The van der Waals surface area contributed by atoms with E-state index in [0.717, 1.165) is 28.7 Å². The van der Waals surface area contributed by atoms with Crippen LogP contribution < -0.4 is 10.1 Å². The number of aromatic nitrogens is 4. The molecule has 0 aliphatic carbocycles. The molecule has 0 unspecified atom stereocenters. The smallest absolute Gasteiger partial charge is 0.269 e. The first-order valence-electron chi connectivity index (χ1n) is 7.90. The first kappa shape index (κ1) is 15.8. The highest BCUT2D eigenvalue weighted by Crippen LogP contribution is 2.28. The fourth-order valence-electron chi connectivity index (χ4n) is 2.75. The van der Waals surface area contributed by atoms with Crippen LogP contribution in [0.5, 0.6) is 5.75 Å². The molecule has 4 rings (SSSR count). The summed E-state index contributed by atoms with van der Waals surface area (Å²) in [5.74, 6) is 1.56. The van der Waals surface area contributed by atoms with Gasteiger partial charge in [-0.05, 0) is 18.2 Å². The van der Waals surface area contributed by atoms with E-state index in [-0.39, 0.29) is 5.91 Å². The number of H-pyrrole nitrogens is 1. The Labute approximate surface area is 148 Å². The van der Waals surface area contributed by atoms with E-state index in [1.54, 1.807) is 24.9 Å². The number of rotatable bonds is 5. The van der Waals surface area contributed by atoms with Crippen LogP contribution in [0.15, 0.2) is 41.7 Å². The van der Waals surface area contributed by atoms with Gasteiger partial charge < -0.3 is 14.6 Å². The molecule has 2 N–H and O–H groups in total. The predicted molar refractivity (Wildman–Crippen MR) is 94.7 cm³/mol. The van der Waals surface area contributed by atoms with Crippen molar-refractivity contribution in [2.75, 3.05) is 12.9 Å². The lowest BCUT2D eigenvalue weighted by molar-refractivity contribution is 0.0945. The van der Waals surface area contributed by atoms with Crippen LogP contribution in [-0.4, -0.2) is 38.5 Å². The zero-order valence-electron chi connectivity index (χ0n) is 13.7. The molecule has 0 saturated carbocycles. The number of aryl methyl sites for hydroxylation is 1. The van der Waals surface area contributed by atoms with E-state index in [2.05, 4.69) is 25.1 Å². The van der Waals surface area contributed by atoms with Gasteiger partial charge in [0.1, 0.15) is 11.4 Å². The first-order chi connectivity index (χ1) is 12.2. The quantitative estimate of drug-likeness (QED) is 0.734. The van der Waals surface area contributed by atoms with Gasteiger partial charge in [-0.25, -0.2) is 4.98 Å². The van der Waals surface area contributed by atoms with Gasteiger partial charge in [0.05, 0.1) is 25.0 Å². The average Bonchev–Trinajstić information content (AvgIpc) is 3.35. The van der Waals surface area contributed by atoms with Crippen LogP contribution in [0.25, 0.3) is 11.3 Å². The number of ether oxygens (including phenoxy) is 1. The third-order valence-corrected chi connectivity index (χ3v) is 4.96. The molecule has 0 radical (unpaired) electrons. The number of amides is 1. The number of fused-ring (bicyclic) bond motifs is 1. The highest BCUT2D eigenvalue weighted by Gasteiger charge is 2.16. The van der Waals surface area contributed by atoms with Gasteiger partial charge in [-0.3, -0.25) is 9.89 Å². The molecule has 1 aliphatic rings. The molecule has 0 saturated heterocycles. The van der Waals surface area contributed by atoms with Crippen LogP contribution >= 0.6 is 11.8 Å². The summed E-state index contributed by atoms with van der Waals surface area (Å²) in [5.41, 5.74) is 2.77. The van der Waals surface area contributed by atoms with Crippen LogP contribution in [0.2, 0.25) is 0 Å². The molecule has 0 bridgehead atoms. The number of hydrogen-bond donors (Lipinski definition) is 2. The second-order valence-corrected chi connectivity index (χ2v) is 6.67. The lowest BCUT2D eigenvalue weighted by Gasteiger charge is -2.04. The zero-order valence-corrected chi connectivity index (χ0v) is 14.5. The van der Waals surface area contributed by atoms with Crippen molar-refractivity contribution in [1.29, 1.82) is 0 Å². The Morgan fingerprint density at radius 1 is 1.44 bits per heavy atom. The minimum atomic E-state index is -0.213. The average molecular weight is 355 g/mol. The van der Waals surface area contributed by atoms with Crippen LogP contribution in [0.4, 0.5) is 0 Å². The van der Waals surface area contributed by atoms with E-state index in [1.165, 1.54) is 0 Å². The van der Waals surface area contributed by atoms with E-state index in [0.29, 0.717) is 23.7 Å². The Kier molecular flexibility index (Phi) is 4.19. The molecule has 8 heteroatoms. The molecule has 3 heterocycles. The summed E-state index contributed by atoms with van der Waals surface area (Å²) in [4.78, 5) is 16.8. The topological polar surface area (TPSA) is 84.8 Å². The predicted octanol–water partition coefficient (Wildman–Crippen LogP) is 2.32. The van der Waals surface area contributed by atoms with Gasteiger partial charge in [-0.1, -0.05) is 23.9 Å². The number of imidazole rings is 1. The molecule has 7 nitrogen and oxygen atoms in total. The maximum absolute atomic E-state index is 12.3. The lowest BCUT2D eigenvalue weighted by atomic mass is 10.1. The van der Waals surface area contributed by atoms with Crippen LogP contribution in [0.3, 0.4) is 0 Å². The van der Waals surface area contributed by atoms with Crippen LogP contribution in [-0.2, 0) is 13.1 Å². The minimum Gasteiger partial charge on any atom is -0.496 e. The second kappa shape index (κ2) is 6.64. The number of aromatic amines is 1. The molecule has 3 aromatic rings. The van der Waals surface area contributed by atoms with Crippen molar-refractivity contribution < 1.29 is 9.53 Å². The van der Waals surface area contributed by atoms with Crippen molar-refractivity contribution in [3.8, 4) is 17.0 Å². The molecule has 1 aliphatic heterocycles. The summed E-state index contributed by atoms with van der Waals surface area (Å²) in [6.07, 6.45) is 1.99. The largest absolute Gasteiger partial charge is 0.496 e. The number of para-hydroxylation sites is 1. The van der Waals surface area contributed by atoms with Crippen molar-refractivity contribution in [3.63, 3.8) is 0 Å². The second-order valence-electron chi connectivity index (χ2n) is 5.61. The zero-order chi connectivity index (χ0) is 17.2. The van der Waals surface area contributed by atoms with Crippen LogP contribution in [0, 0.1) is 0 Å². The molecule has 0 fully saturated rings. The Bertz CT molecular complexity index is 896. The third kappa shape index (κ3) is 3.12. The number of hydrogen-bond acceptors (Lipinski definition) is 5. The van der Waals surface area contributed by atoms with Gasteiger partial charge in [0.2, 0.25) is 0 Å². The van der Waals surface area contributed by atoms with Gasteiger partial charge in [-0.15, -0.1) is 0 Å². The Morgan fingerprint density at radius 2 is 2.32 bits per heavy atom. The number of nitrogens with zero attached hydrogens (tertiary/aromatic N) is 3. The summed E-state index contributed by atoms with van der Waals surface area (Å²) >= 11 is 1.73. The number of benzene rings is 1. The van der Waals surface area contributed by atoms with Crippen molar-refractivity contribution in [2.24, 2.45) is 0 Å². The maximum atomic E-state index is 12.3. The number of methoxy groups -OCH3 is 1. The summed E-state index contributed by atoms with van der Waals surface area (Å²) in [6, 6.07) is 9.28. The number of nitrogens with one attached hydrogen (secondary N) is 2. The first-order valence-corrected chi connectivity index (χ1v) is 8.89. The molecular weight excluding hydrogens is 338 g/mol. The molecule has 1 aromatic carbocycles. The SMILES string of the molecule is COc1ccccc1-c1cc(C(=O)NCc2cn3c(n2)SCC3)[nH]n1. The van der Waals surface area contributed by atoms with Gasteiger partial charge in [-0.2, -0.15) is 5.10 Å². The summed E-state index contributed by atoms with van der Waals surface area (Å²) in [7, 11) is 1.61. The highest BCUT2D eigenvalue weighted by molar-refractivity contribution is 7.99. The summed E-state index contributed by atoms with van der Waals surface area (Å²) in [5, 5.41) is 10.9. The maximum Gasteiger partial charge on any atom is 0.269 e.